The summed E-state index contributed by atoms with van der Waals surface area (Å²) in [6, 6.07) is 18.4. The summed E-state index contributed by atoms with van der Waals surface area (Å²) in [7, 11) is 0. The second-order valence-corrected chi connectivity index (χ2v) is 5.45. The van der Waals surface area contributed by atoms with Crippen LogP contribution in [0.25, 0.3) is 46.1 Å². The fourth-order valence-electron chi connectivity index (χ4n) is 2.65. The maximum Gasteiger partial charge on any atom is 0.170 e. The average molecular weight is 332 g/mol. The first-order chi connectivity index (χ1) is 12.4. The summed E-state index contributed by atoms with van der Waals surface area (Å²) in [5.41, 5.74) is 0. The van der Waals surface area contributed by atoms with Gasteiger partial charge in [-0.25, -0.2) is 0 Å². The van der Waals surface area contributed by atoms with Gasteiger partial charge in [-0.2, -0.15) is 0 Å². The lowest BCUT2D eigenvalue weighted by atomic mass is 10.3. The molecule has 0 bridgehead atoms. The van der Waals surface area contributed by atoms with Gasteiger partial charge in [-0.15, -0.1) is 0 Å². The minimum atomic E-state index is 0.615. The molecule has 0 atom stereocenters. The Bertz CT molecular complexity index is 1000. The van der Waals surface area contributed by atoms with Crippen molar-refractivity contribution in [2.45, 2.75) is 0 Å². The monoisotopic (exact) mass is 332 g/mol. The van der Waals surface area contributed by atoms with Gasteiger partial charge in [-0.05, 0) is 60.7 Å². The Kier molecular flexibility index (Phi) is 3.03. The zero-order chi connectivity index (χ0) is 16.6. The van der Waals surface area contributed by atoms with Crippen molar-refractivity contribution in [2.24, 2.45) is 0 Å². The van der Waals surface area contributed by atoms with Crippen LogP contribution < -0.4 is 0 Å². The van der Waals surface area contributed by atoms with Gasteiger partial charge in [0.1, 0.15) is 0 Å². The molecule has 0 saturated carbocycles. The van der Waals surface area contributed by atoms with Crippen LogP contribution in [-0.4, -0.2) is 0 Å². The Balaban J connectivity index is 1.44. The normalized spacial score (nSPS) is 11.2. The van der Waals surface area contributed by atoms with E-state index in [1.165, 1.54) is 0 Å². The summed E-state index contributed by atoms with van der Waals surface area (Å²) in [5.74, 6) is 5.12. The Hall–Kier alpha value is -3.60. The summed E-state index contributed by atoms with van der Waals surface area (Å²) in [4.78, 5) is 0. The molecule has 0 spiro atoms. The lowest BCUT2D eigenvalue weighted by Gasteiger charge is -1.93. The average Bonchev–Trinajstić information content (AvgIpc) is 3.48. The highest BCUT2D eigenvalue weighted by molar-refractivity contribution is 5.63. The van der Waals surface area contributed by atoms with E-state index in [9.17, 15) is 0 Å². The predicted molar refractivity (Wildman–Crippen MR) is 89.5 cm³/mol. The molecular weight excluding hydrogens is 320 g/mol. The summed E-state index contributed by atoms with van der Waals surface area (Å²) in [6.07, 6.45) is 3.21. The first-order valence-corrected chi connectivity index (χ1v) is 7.75. The molecule has 0 amide bonds. The molecule has 5 aromatic heterocycles. The van der Waals surface area contributed by atoms with E-state index < -0.39 is 0 Å². The van der Waals surface area contributed by atoms with Crippen LogP contribution in [0.1, 0.15) is 0 Å². The highest BCUT2D eigenvalue weighted by Gasteiger charge is 2.15. The van der Waals surface area contributed by atoms with Crippen LogP contribution in [-0.2, 0) is 0 Å². The van der Waals surface area contributed by atoms with Gasteiger partial charge in [-0.3, -0.25) is 0 Å². The van der Waals surface area contributed by atoms with Crippen LogP contribution in [0.5, 0.6) is 0 Å². The van der Waals surface area contributed by atoms with Crippen LogP contribution >= 0.6 is 0 Å². The molecule has 0 radical (unpaired) electrons. The van der Waals surface area contributed by atoms with Crippen molar-refractivity contribution in [1.82, 2.24) is 0 Å². The maximum atomic E-state index is 5.87. The van der Waals surface area contributed by atoms with E-state index >= 15 is 0 Å². The molecule has 0 aliphatic rings. The van der Waals surface area contributed by atoms with E-state index in [2.05, 4.69) is 0 Å². The van der Waals surface area contributed by atoms with E-state index in [4.69, 9.17) is 22.1 Å². The van der Waals surface area contributed by atoms with E-state index in [-0.39, 0.29) is 0 Å². The van der Waals surface area contributed by atoms with E-state index in [0.29, 0.717) is 46.1 Å². The molecular formula is C20H12O5. The zero-order valence-electron chi connectivity index (χ0n) is 13.0. The molecule has 122 valence electrons. The van der Waals surface area contributed by atoms with E-state index in [1.54, 1.807) is 12.5 Å². The molecule has 0 aliphatic carbocycles. The molecule has 0 unspecified atom stereocenters. The minimum Gasteiger partial charge on any atom is -0.461 e. The standard InChI is InChI=1S/C20H12O5/c1-3-13(21-11-1)15-5-7-17(23-15)19-9-10-20(25-19)18-8-6-16(24-18)14-4-2-12-22-14/h1-12H. The van der Waals surface area contributed by atoms with Crippen molar-refractivity contribution < 1.29 is 22.1 Å². The third-order valence-electron chi connectivity index (χ3n) is 3.83. The zero-order valence-corrected chi connectivity index (χ0v) is 13.0. The van der Waals surface area contributed by atoms with Crippen LogP contribution in [0.4, 0.5) is 0 Å². The van der Waals surface area contributed by atoms with Crippen molar-refractivity contribution in [1.29, 1.82) is 0 Å². The molecule has 0 aromatic carbocycles. The minimum absolute atomic E-state index is 0.615. The Morgan fingerprint density at radius 3 is 0.960 bits per heavy atom. The van der Waals surface area contributed by atoms with Gasteiger partial charge >= 0.3 is 0 Å². The van der Waals surface area contributed by atoms with Crippen LogP contribution in [0.15, 0.2) is 95.3 Å². The highest BCUT2D eigenvalue weighted by atomic mass is 16.4. The fourth-order valence-corrected chi connectivity index (χ4v) is 2.65. The topological polar surface area (TPSA) is 65.7 Å². The van der Waals surface area contributed by atoms with Crippen molar-refractivity contribution in [2.75, 3.05) is 0 Å². The quantitative estimate of drug-likeness (QED) is 0.385. The van der Waals surface area contributed by atoms with Gasteiger partial charge < -0.3 is 22.1 Å². The largest absolute Gasteiger partial charge is 0.461 e. The summed E-state index contributed by atoms with van der Waals surface area (Å²) in [5, 5.41) is 0. The molecule has 5 heterocycles. The van der Waals surface area contributed by atoms with Crippen LogP contribution in [0.2, 0.25) is 0 Å². The Morgan fingerprint density at radius 1 is 0.360 bits per heavy atom. The van der Waals surface area contributed by atoms with Crippen molar-refractivity contribution in [3.05, 3.63) is 73.2 Å². The molecule has 5 heteroatoms. The number of hydrogen-bond acceptors (Lipinski definition) is 5. The first kappa shape index (κ1) is 13.8. The number of hydrogen-bond donors (Lipinski definition) is 0. The molecule has 0 N–H and O–H groups in total. The van der Waals surface area contributed by atoms with Gasteiger partial charge in [0, 0.05) is 0 Å². The van der Waals surface area contributed by atoms with Crippen LogP contribution in [0.3, 0.4) is 0 Å². The number of furan rings is 5. The Morgan fingerprint density at radius 2 is 0.680 bits per heavy atom. The SMILES string of the molecule is c1coc(-c2ccc(-c3ccc(-c4ccc(-c5ccco5)o4)o3)o2)c1. The first-order valence-electron chi connectivity index (χ1n) is 7.75. The molecule has 0 aliphatic heterocycles. The third kappa shape index (κ3) is 2.42. The van der Waals surface area contributed by atoms with Gasteiger partial charge in [0.05, 0.1) is 12.5 Å². The summed E-state index contributed by atoms with van der Waals surface area (Å²) in [6.45, 7) is 0. The molecule has 5 aromatic rings. The van der Waals surface area contributed by atoms with Crippen molar-refractivity contribution >= 4 is 0 Å². The second kappa shape index (κ2) is 5.49. The van der Waals surface area contributed by atoms with Crippen molar-refractivity contribution in [3.8, 4) is 46.1 Å². The number of rotatable bonds is 4. The molecule has 25 heavy (non-hydrogen) atoms. The van der Waals surface area contributed by atoms with E-state index in [1.807, 2.05) is 60.7 Å². The summed E-state index contributed by atoms with van der Waals surface area (Å²) < 4.78 is 28.1. The van der Waals surface area contributed by atoms with Crippen LogP contribution in [0, 0.1) is 0 Å². The second-order valence-electron chi connectivity index (χ2n) is 5.45. The van der Waals surface area contributed by atoms with Gasteiger partial charge in [0.15, 0.2) is 46.1 Å². The van der Waals surface area contributed by atoms with Crippen molar-refractivity contribution in [3.63, 3.8) is 0 Å². The highest BCUT2D eigenvalue weighted by Crippen LogP contribution is 2.34. The van der Waals surface area contributed by atoms with Gasteiger partial charge in [-0.1, -0.05) is 0 Å². The molecule has 5 rings (SSSR count). The smallest absolute Gasteiger partial charge is 0.170 e. The third-order valence-corrected chi connectivity index (χ3v) is 3.83. The molecule has 0 saturated heterocycles. The Labute approximate surface area is 142 Å². The summed E-state index contributed by atoms with van der Waals surface area (Å²) >= 11 is 0. The molecule has 5 nitrogen and oxygen atoms in total. The maximum absolute atomic E-state index is 5.87. The van der Waals surface area contributed by atoms with E-state index in [0.717, 1.165) is 0 Å². The lowest BCUT2D eigenvalue weighted by molar-refractivity contribution is 0.496. The molecule has 0 fully saturated rings. The lowest BCUT2D eigenvalue weighted by Crippen LogP contribution is -1.68. The fraction of sp³-hybridized carbons (Fsp3) is 0. The van der Waals surface area contributed by atoms with Gasteiger partial charge in [0.25, 0.3) is 0 Å². The van der Waals surface area contributed by atoms with Gasteiger partial charge in [0.2, 0.25) is 0 Å². The predicted octanol–water partition coefficient (Wildman–Crippen LogP) is 6.32.